The minimum absolute atomic E-state index is 0.0501. The van der Waals surface area contributed by atoms with Gasteiger partial charge in [0.05, 0.1) is 17.4 Å². The van der Waals surface area contributed by atoms with Gasteiger partial charge in [0.1, 0.15) is 6.54 Å². The first-order valence-electron chi connectivity index (χ1n) is 7.25. The van der Waals surface area contributed by atoms with Crippen molar-refractivity contribution in [2.75, 3.05) is 6.54 Å². The highest BCUT2D eigenvalue weighted by Crippen LogP contribution is 2.24. The summed E-state index contributed by atoms with van der Waals surface area (Å²) in [6.45, 7) is 1.36. The second-order valence-electron chi connectivity index (χ2n) is 5.56. The Morgan fingerprint density at radius 1 is 1.30 bits per heavy atom. The van der Waals surface area contributed by atoms with Gasteiger partial charge in [-0.15, -0.1) is 11.3 Å². The zero-order valence-corrected chi connectivity index (χ0v) is 12.9. The molecule has 7 heteroatoms. The van der Waals surface area contributed by atoms with Gasteiger partial charge >= 0.3 is 0 Å². The molecule has 4 nitrogen and oxygen atoms in total. The number of amides is 1. The van der Waals surface area contributed by atoms with Crippen LogP contribution in [0.3, 0.4) is 0 Å². The van der Waals surface area contributed by atoms with Crippen LogP contribution in [-0.2, 0) is 24.3 Å². The van der Waals surface area contributed by atoms with Crippen molar-refractivity contribution in [1.29, 1.82) is 0 Å². The molecule has 3 heterocycles. The second kappa shape index (κ2) is 5.42. The lowest BCUT2D eigenvalue weighted by atomic mass is 10.1. The predicted molar refractivity (Wildman–Crippen MR) is 83.1 cm³/mol. The molecule has 0 saturated carbocycles. The van der Waals surface area contributed by atoms with E-state index in [-0.39, 0.29) is 12.5 Å². The number of aromatic nitrogens is 2. The molecule has 0 spiro atoms. The first-order chi connectivity index (χ1) is 11.1. The van der Waals surface area contributed by atoms with Crippen LogP contribution in [0.4, 0.5) is 8.78 Å². The van der Waals surface area contributed by atoms with E-state index < -0.39 is 11.6 Å². The van der Waals surface area contributed by atoms with Gasteiger partial charge in [0, 0.05) is 30.1 Å². The Morgan fingerprint density at radius 3 is 3.00 bits per heavy atom. The number of imidazole rings is 1. The molecule has 1 aromatic carbocycles. The van der Waals surface area contributed by atoms with Gasteiger partial charge in [-0.25, -0.2) is 13.8 Å². The molecule has 0 N–H and O–H groups in total. The third-order valence-corrected chi connectivity index (χ3v) is 5.15. The average molecular weight is 333 g/mol. The third-order valence-electron chi connectivity index (χ3n) is 4.13. The number of carbonyl (C=O) groups excluding carboxylic acids is 1. The summed E-state index contributed by atoms with van der Waals surface area (Å²) in [4.78, 5) is 19.7. The first kappa shape index (κ1) is 14.3. The SMILES string of the molecule is O=C(Cn1cnc2cc(F)c(F)cc21)N1CCc2sccc2C1. The summed E-state index contributed by atoms with van der Waals surface area (Å²) in [5.74, 6) is -1.92. The molecule has 4 rings (SSSR count). The van der Waals surface area contributed by atoms with E-state index in [2.05, 4.69) is 4.98 Å². The van der Waals surface area contributed by atoms with Crippen molar-refractivity contribution in [3.05, 3.63) is 52.0 Å². The monoisotopic (exact) mass is 333 g/mol. The molecule has 0 aliphatic carbocycles. The zero-order chi connectivity index (χ0) is 16.0. The van der Waals surface area contributed by atoms with E-state index in [9.17, 15) is 13.6 Å². The highest BCUT2D eigenvalue weighted by molar-refractivity contribution is 7.10. The van der Waals surface area contributed by atoms with Crippen molar-refractivity contribution in [2.24, 2.45) is 0 Å². The molecule has 1 amide bonds. The van der Waals surface area contributed by atoms with Crippen molar-refractivity contribution >= 4 is 28.3 Å². The van der Waals surface area contributed by atoms with Gasteiger partial charge in [-0.2, -0.15) is 0 Å². The van der Waals surface area contributed by atoms with Gasteiger partial charge in [0.15, 0.2) is 11.6 Å². The fourth-order valence-electron chi connectivity index (χ4n) is 2.89. The van der Waals surface area contributed by atoms with Crippen molar-refractivity contribution in [1.82, 2.24) is 14.5 Å². The maximum atomic E-state index is 13.4. The van der Waals surface area contributed by atoms with Crippen molar-refractivity contribution < 1.29 is 13.6 Å². The van der Waals surface area contributed by atoms with E-state index in [1.165, 1.54) is 16.8 Å². The summed E-state index contributed by atoms with van der Waals surface area (Å²) >= 11 is 1.72. The summed E-state index contributed by atoms with van der Waals surface area (Å²) in [6, 6.07) is 4.17. The Bertz CT molecular complexity index is 902. The number of benzene rings is 1. The number of fused-ring (bicyclic) bond motifs is 2. The molecule has 1 aliphatic rings. The Labute approximate surface area is 135 Å². The Hall–Kier alpha value is -2.28. The molecule has 0 bridgehead atoms. The summed E-state index contributed by atoms with van der Waals surface area (Å²) in [7, 11) is 0. The lowest BCUT2D eigenvalue weighted by Gasteiger charge is -2.27. The fraction of sp³-hybridized carbons (Fsp3) is 0.250. The van der Waals surface area contributed by atoms with Crippen molar-refractivity contribution in [3.8, 4) is 0 Å². The molecule has 118 valence electrons. The summed E-state index contributed by atoms with van der Waals surface area (Å²) in [5.41, 5.74) is 1.96. The molecule has 0 saturated heterocycles. The molecule has 0 fully saturated rings. The molecule has 2 aromatic heterocycles. The van der Waals surface area contributed by atoms with Crippen LogP contribution in [0.2, 0.25) is 0 Å². The minimum atomic E-state index is -0.937. The van der Waals surface area contributed by atoms with Crippen LogP contribution in [0.25, 0.3) is 11.0 Å². The molecule has 0 atom stereocenters. The van der Waals surface area contributed by atoms with Crippen LogP contribution in [0.5, 0.6) is 0 Å². The number of hydrogen-bond donors (Lipinski definition) is 0. The zero-order valence-electron chi connectivity index (χ0n) is 12.1. The highest BCUT2D eigenvalue weighted by Gasteiger charge is 2.22. The molecule has 23 heavy (non-hydrogen) atoms. The first-order valence-corrected chi connectivity index (χ1v) is 8.12. The minimum Gasteiger partial charge on any atom is -0.336 e. The number of halogens is 2. The number of carbonyl (C=O) groups is 1. The van der Waals surface area contributed by atoms with E-state index in [4.69, 9.17) is 0 Å². The van der Waals surface area contributed by atoms with E-state index in [1.54, 1.807) is 20.8 Å². The molecular weight excluding hydrogens is 320 g/mol. The Morgan fingerprint density at radius 2 is 2.13 bits per heavy atom. The average Bonchev–Trinajstić information content (AvgIpc) is 3.15. The van der Waals surface area contributed by atoms with Gasteiger partial charge in [-0.05, 0) is 23.4 Å². The fourth-order valence-corrected chi connectivity index (χ4v) is 3.78. The lowest BCUT2D eigenvalue weighted by Crippen LogP contribution is -2.37. The number of hydrogen-bond acceptors (Lipinski definition) is 3. The van der Waals surface area contributed by atoms with Gasteiger partial charge in [0.2, 0.25) is 5.91 Å². The van der Waals surface area contributed by atoms with Gasteiger partial charge in [-0.1, -0.05) is 0 Å². The van der Waals surface area contributed by atoms with Crippen LogP contribution in [-0.4, -0.2) is 26.9 Å². The Balaban J connectivity index is 1.56. The van der Waals surface area contributed by atoms with Crippen molar-refractivity contribution in [3.63, 3.8) is 0 Å². The van der Waals surface area contributed by atoms with Gasteiger partial charge in [-0.3, -0.25) is 4.79 Å². The predicted octanol–water partition coefficient (Wildman–Crippen LogP) is 2.96. The highest BCUT2D eigenvalue weighted by atomic mass is 32.1. The number of thiophene rings is 1. The number of rotatable bonds is 2. The quantitative estimate of drug-likeness (QED) is 0.723. The van der Waals surface area contributed by atoms with Crippen molar-refractivity contribution in [2.45, 2.75) is 19.5 Å². The van der Waals surface area contributed by atoms with Gasteiger partial charge in [0.25, 0.3) is 0 Å². The van der Waals surface area contributed by atoms with Crippen LogP contribution >= 0.6 is 11.3 Å². The summed E-state index contributed by atoms with van der Waals surface area (Å²) < 4.78 is 28.2. The summed E-state index contributed by atoms with van der Waals surface area (Å²) in [5, 5.41) is 2.04. The normalized spacial score (nSPS) is 14.3. The maximum Gasteiger partial charge on any atom is 0.242 e. The van der Waals surface area contributed by atoms with E-state index in [0.29, 0.717) is 24.1 Å². The maximum absolute atomic E-state index is 13.4. The lowest BCUT2D eigenvalue weighted by molar-refractivity contribution is -0.132. The van der Waals surface area contributed by atoms with E-state index in [0.717, 1.165) is 18.6 Å². The van der Waals surface area contributed by atoms with E-state index >= 15 is 0 Å². The smallest absolute Gasteiger partial charge is 0.242 e. The van der Waals surface area contributed by atoms with Gasteiger partial charge < -0.3 is 9.47 Å². The second-order valence-corrected chi connectivity index (χ2v) is 6.56. The van der Waals surface area contributed by atoms with E-state index in [1.807, 2.05) is 11.4 Å². The molecule has 1 aliphatic heterocycles. The third kappa shape index (κ3) is 2.50. The standard InChI is InChI=1S/C16H13F2N3OS/c17-11-5-13-14(6-12(11)18)21(9-19-13)8-16(22)20-3-1-15-10(7-20)2-4-23-15/h2,4-6,9H,1,3,7-8H2. The molecule has 0 radical (unpaired) electrons. The Kier molecular flexibility index (Phi) is 3.37. The molecule has 0 unspecified atom stereocenters. The number of nitrogens with zero attached hydrogens (tertiary/aromatic N) is 3. The largest absolute Gasteiger partial charge is 0.336 e. The van der Waals surface area contributed by atoms with Crippen LogP contribution < -0.4 is 0 Å². The van der Waals surface area contributed by atoms with Crippen LogP contribution in [0.15, 0.2) is 29.9 Å². The molecule has 3 aromatic rings. The summed E-state index contributed by atoms with van der Waals surface area (Å²) in [6.07, 6.45) is 2.31. The topological polar surface area (TPSA) is 38.1 Å². The molecular formula is C16H13F2N3OS. The van der Waals surface area contributed by atoms with Crippen LogP contribution in [0, 0.1) is 11.6 Å². The van der Waals surface area contributed by atoms with Crippen LogP contribution in [0.1, 0.15) is 10.4 Å².